The van der Waals surface area contributed by atoms with Crippen molar-refractivity contribution < 1.29 is 128 Å². The van der Waals surface area contributed by atoms with Crippen molar-refractivity contribution in [2.75, 3.05) is 370 Å². The highest BCUT2D eigenvalue weighted by Gasteiger charge is 2.03. The van der Waals surface area contributed by atoms with Gasteiger partial charge in [-0.3, -0.25) is 4.79 Å². The van der Waals surface area contributed by atoms with Gasteiger partial charge < -0.3 is 139 Å². The minimum absolute atomic E-state index is 0.304. The number of aliphatic carboxylic acids is 1. The number of hydrogen-bond donors (Lipinski definition) is 4. The lowest BCUT2D eigenvalue weighted by Gasteiger charge is -2.09. The standard InChI is InChI=1S/C70H143N3O27/c1-2-76-22-19-73-18-13-21-77-24-26-79-28-30-81-32-34-83-36-38-85-40-42-87-44-46-89-48-50-91-52-54-93-56-58-95-60-62-97-64-66-99-68-69-100-67-65-98-63-61-96-59-57-94-55-53-92-51-49-90-47-45-88-43-41-86-39-37-84-35-33-82-31-29-80-27-25-78-23-20-72-17-12-11-16-71-15-10-8-6-4-3-5-7-9-14-70(74)75/h71-73H,2-69H2,1H3,(H,74,75). The summed E-state index contributed by atoms with van der Waals surface area (Å²) in [6.45, 7) is 33.7. The summed E-state index contributed by atoms with van der Waals surface area (Å²) in [7, 11) is 0. The predicted octanol–water partition coefficient (Wildman–Crippen LogP) is 3.96. The average molecular weight is 1460 g/mol. The minimum atomic E-state index is -0.684. The number of carboxylic acids is 1. The fraction of sp³-hybridized carbons (Fsp3) is 0.986. The molecule has 0 saturated heterocycles. The molecule has 0 unspecified atom stereocenters. The second-order valence-corrected chi connectivity index (χ2v) is 22.2. The third kappa shape index (κ3) is 96.3. The second-order valence-electron chi connectivity index (χ2n) is 22.2. The molecule has 0 aliphatic heterocycles. The van der Waals surface area contributed by atoms with Crippen LogP contribution in [0.2, 0.25) is 0 Å². The van der Waals surface area contributed by atoms with E-state index in [-0.39, 0.29) is 0 Å². The lowest BCUT2D eigenvalue weighted by molar-refractivity contribution is -0.137. The normalized spacial score (nSPS) is 11.8. The van der Waals surface area contributed by atoms with Gasteiger partial charge in [-0.05, 0) is 65.2 Å². The van der Waals surface area contributed by atoms with Gasteiger partial charge in [0.2, 0.25) is 0 Å². The number of carbonyl (C=O) groups is 1. The van der Waals surface area contributed by atoms with Crippen molar-refractivity contribution in [1.29, 1.82) is 0 Å². The first-order chi connectivity index (χ1) is 49.8. The van der Waals surface area contributed by atoms with Crippen molar-refractivity contribution in [3.63, 3.8) is 0 Å². The monoisotopic (exact) mass is 1460 g/mol. The van der Waals surface area contributed by atoms with Crippen molar-refractivity contribution in [2.24, 2.45) is 0 Å². The van der Waals surface area contributed by atoms with Crippen LogP contribution in [0.15, 0.2) is 0 Å². The van der Waals surface area contributed by atoms with Gasteiger partial charge in [-0.25, -0.2) is 0 Å². The number of carboxylic acid groups (broad SMARTS) is 1. The molecule has 0 aliphatic carbocycles. The summed E-state index contributed by atoms with van der Waals surface area (Å²) in [5, 5.41) is 19.0. The minimum Gasteiger partial charge on any atom is -0.481 e. The molecule has 600 valence electrons. The second kappa shape index (κ2) is 95.4. The van der Waals surface area contributed by atoms with Gasteiger partial charge in [-0.1, -0.05) is 38.5 Å². The molecule has 0 radical (unpaired) electrons. The van der Waals surface area contributed by atoms with E-state index in [0.717, 1.165) is 91.2 Å². The summed E-state index contributed by atoms with van der Waals surface area (Å²) in [5.41, 5.74) is 0. The molecule has 0 atom stereocenters. The van der Waals surface area contributed by atoms with Crippen LogP contribution in [0.3, 0.4) is 0 Å². The first-order valence-corrected chi connectivity index (χ1v) is 37.5. The molecular formula is C70H143N3O27. The molecule has 0 spiro atoms. The molecule has 0 amide bonds. The quantitative estimate of drug-likeness (QED) is 0.0627. The van der Waals surface area contributed by atoms with Crippen LogP contribution in [-0.2, 0) is 123 Å². The highest BCUT2D eigenvalue weighted by molar-refractivity contribution is 5.66. The van der Waals surface area contributed by atoms with Crippen molar-refractivity contribution in [3.8, 4) is 0 Å². The largest absolute Gasteiger partial charge is 0.481 e. The van der Waals surface area contributed by atoms with Gasteiger partial charge in [-0.15, -0.1) is 0 Å². The van der Waals surface area contributed by atoms with E-state index >= 15 is 0 Å². The lowest BCUT2D eigenvalue weighted by atomic mass is 10.1. The zero-order valence-electron chi connectivity index (χ0n) is 62.1. The summed E-state index contributed by atoms with van der Waals surface area (Å²) >= 11 is 0. The van der Waals surface area contributed by atoms with Crippen LogP contribution in [0.25, 0.3) is 0 Å². The van der Waals surface area contributed by atoms with Crippen LogP contribution in [0, 0.1) is 0 Å². The molecule has 0 saturated carbocycles. The molecule has 0 fully saturated rings. The van der Waals surface area contributed by atoms with E-state index in [1.165, 1.54) is 38.5 Å². The molecule has 30 heteroatoms. The SMILES string of the molecule is CCOCCNCCCOCCOCCOCCOCCOCCOCCOCCOCCOCCOCCOCCOCCOCCOCCOCCOCCOCCOCCOCCOCCOCCOCCOCCOCCNCCCCNCCCCCCCCCCC(=O)O. The van der Waals surface area contributed by atoms with Crippen LogP contribution >= 0.6 is 0 Å². The number of hydrogen-bond acceptors (Lipinski definition) is 29. The Morgan fingerprint density at radius 1 is 0.180 bits per heavy atom. The Balaban J connectivity index is 3.09. The van der Waals surface area contributed by atoms with Crippen molar-refractivity contribution in [2.45, 2.75) is 84.0 Å². The van der Waals surface area contributed by atoms with E-state index < -0.39 is 5.97 Å². The van der Waals surface area contributed by atoms with Crippen LogP contribution in [0.4, 0.5) is 0 Å². The highest BCUT2D eigenvalue weighted by atomic mass is 16.6. The van der Waals surface area contributed by atoms with Crippen LogP contribution in [0.5, 0.6) is 0 Å². The van der Waals surface area contributed by atoms with Gasteiger partial charge in [0.05, 0.1) is 317 Å². The maximum Gasteiger partial charge on any atom is 0.303 e. The van der Waals surface area contributed by atoms with Gasteiger partial charge >= 0.3 is 5.97 Å². The summed E-state index contributed by atoms with van der Waals surface area (Å²) in [5.74, 6) is -0.684. The maximum absolute atomic E-state index is 10.5. The Labute approximate surface area is 601 Å². The molecule has 0 rings (SSSR count). The maximum atomic E-state index is 10.5. The van der Waals surface area contributed by atoms with Crippen molar-refractivity contribution in [3.05, 3.63) is 0 Å². The first kappa shape index (κ1) is 98.3. The Morgan fingerprint density at radius 2 is 0.330 bits per heavy atom. The molecule has 30 nitrogen and oxygen atoms in total. The summed E-state index contributed by atoms with van der Waals surface area (Å²) in [4.78, 5) is 10.5. The zero-order valence-corrected chi connectivity index (χ0v) is 62.1. The van der Waals surface area contributed by atoms with E-state index in [1.807, 2.05) is 6.92 Å². The van der Waals surface area contributed by atoms with Gasteiger partial charge in [0, 0.05) is 32.7 Å². The molecule has 0 aromatic carbocycles. The smallest absolute Gasteiger partial charge is 0.303 e. The van der Waals surface area contributed by atoms with Crippen LogP contribution < -0.4 is 16.0 Å². The average Bonchev–Trinajstić information content (AvgIpc) is 3.66. The molecule has 0 aliphatic rings. The summed E-state index contributed by atoms with van der Waals surface area (Å²) in [6.07, 6.45) is 12.8. The molecule has 0 heterocycles. The Bertz CT molecular complexity index is 1460. The number of unbranched alkanes of at least 4 members (excludes halogenated alkanes) is 8. The fourth-order valence-electron chi connectivity index (χ4n) is 8.35. The fourth-order valence-corrected chi connectivity index (χ4v) is 8.35. The van der Waals surface area contributed by atoms with E-state index in [4.69, 9.17) is 124 Å². The Morgan fingerprint density at radius 3 is 0.540 bits per heavy atom. The van der Waals surface area contributed by atoms with Gasteiger partial charge in [-0.2, -0.15) is 0 Å². The number of rotatable bonds is 96. The molecular weight excluding hydrogens is 1310 g/mol. The van der Waals surface area contributed by atoms with Crippen molar-refractivity contribution >= 4 is 5.97 Å². The van der Waals surface area contributed by atoms with Gasteiger partial charge in [0.1, 0.15) is 0 Å². The molecule has 0 aromatic rings. The number of ether oxygens (including phenoxy) is 25. The van der Waals surface area contributed by atoms with E-state index in [9.17, 15) is 4.79 Å². The topological polar surface area (TPSA) is 304 Å². The molecule has 0 bridgehead atoms. The first-order valence-electron chi connectivity index (χ1n) is 37.5. The molecule has 4 N–H and O–H groups in total. The Hall–Kier alpha value is -1.65. The predicted molar refractivity (Wildman–Crippen MR) is 378 cm³/mol. The van der Waals surface area contributed by atoms with Gasteiger partial charge in [0.25, 0.3) is 0 Å². The van der Waals surface area contributed by atoms with Crippen LogP contribution in [-0.4, -0.2) is 381 Å². The summed E-state index contributed by atoms with van der Waals surface area (Å²) in [6, 6.07) is 0. The van der Waals surface area contributed by atoms with E-state index in [1.54, 1.807) is 0 Å². The van der Waals surface area contributed by atoms with E-state index in [2.05, 4.69) is 16.0 Å². The van der Waals surface area contributed by atoms with Crippen LogP contribution in [0.1, 0.15) is 84.0 Å². The van der Waals surface area contributed by atoms with E-state index in [0.29, 0.717) is 317 Å². The van der Waals surface area contributed by atoms with Gasteiger partial charge in [0.15, 0.2) is 0 Å². The third-order valence-corrected chi connectivity index (χ3v) is 13.7. The van der Waals surface area contributed by atoms with Crippen molar-refractivity contribution in [1.82, 2.24) is 16.0 Å². The molecule has 100 heavy (non-hydrogen) atoms. The Kier molecular flexibility index (Phi) is 93.8. The highest BCUT2D eigenvalue weighted by Crippen LogP contribution is 2.09. The third-order valence-electron chi connectivity index (χ3n) is 13.7. The summed E-state index contributed by atoms with van der Waals surface area (Å²) < 4.78 is 138. The number of nitrogens with one attached hydrogen (secondary N) is 3. The lowest BCUT2D eigenvalue weighted by Crippen LogP contribution is -2.23. The zero-order chi connectivity index (χ0) is 71.5. The molecule has 0 aromatic heterocycles.